The largest absolute Gasteiger partial charge is 0.490 e. The molecular formula is C16H13N3O3S. The number of aromatic nitrogens is 1. The minimum Gasteiger partial charge on any atom is -0.490 e. The number of nitro groups is 1. The second-order valence-corrected chi connectivity index (χ2v) is 5.67. The van der Waals surface area contributed by atoms with Gasteiger partial charge in [-0.2, -0.15) is 0 Å². The van der Waals surface area contributed by atoms with Crippen LogP contribution in [0.1, 0.15) is 0 Å². The van der Waals surface area contributed by atoms with Gasteiger partial charge in [0.15, 0.2) is 5.75 Å². The van der Waals surface area contributed by atoms with E-state index in [0.717, 1.165) is 10.6 Å². The van der Waals surface area contributed by atoms with Crippen molar-refractivity contribution in [2.24, 2.45) is 0 Å². The second kappa shape index (κ2) is 6.05. The Kier molecular flexibility index (Phi) is 3.94. The molecule has 0 bridgehead atoms. The smallest absolute Gasteiger partial charge is 0.311 e. The fraction of sp³-hybridized carbons (Fsp3) is 0.0625. The third-order valence-electron chi connectivity index (χ3n) is 3.31. The van der Waals surface area contributed by atoms with Crippen molar-refractivity contribution in [1.82, 2.24) is 4.98 Å². The predicted octanol–water partition coefficient (Wildman–Crippen LogP) is 3.98. The van der Waals surface area contributed by atoms with E-state index in [-0.39, 0.29) is 11.4 Å². The molecule has 2 N–H and O–H groups in total. The molecule has 3 rings (SSSR count). The van der Waals surface area contributed by atoms with Gasteiger partial charge in [0.05, 0.1) is 17.7 Å². The Balaban J connectivity index is 2.00. The summed E-state index contributed by atoms with van der Waals surface area (Å²) in [6, 6.07) is 12.2. The van der Waals surface area contributed by atoms with Crippen molar-refractivity contribution < 1.29 is 9.66 Å². The number of nitrogens with zero attached hydrogens (tertiary/aromatic N) is 2. The van der Waals surface area contributed by atoms with Gasteiger partial charge >= 0.3 is 5.69 Å². The number of hydrogen-bond acceptors (Lipinski definition) is 6. The van der Waals surface area contributed by atoms with E-state index < -0.39 is 4.92 Å². The number of ether oxygens (including phenoxy) is 1. The molecule has 0 saturated heterocycles. The standard InChI is InChI=1S/C16H13N3O3S/c1-22-15-6-5-10(8-14(15)19(20)21)13-9-23-16(18-13)11-3-2-4-12(17)7-11/h2-9H,17H2,1H3. The van der Waals surface area contributed by atoms with Gasteiger partial charge in [-0.25, -0.2) is 4.98 Å². The van der Waals surface area contributed by atoms with Crippen molar-refractivity contribution in [1.29, 1.82) is 0 Å². The Morgan fingerprint density at radius 1 is 1.22 bits per heavy atom. The Hall–Kier alpha value is -2.93. The maximum Gasteiger partial charge on any atom is 0.311 e. The Labute approximate surface area is 136 Å². The van der Waals surface area contributed by atoms with Crippen LogP contribution in [0, 0.1) is 10.1 Å². The van der Waals surface area contributed by atoms with Crippen LogP contribution in [0.15, 0.2) is 47.8 Å². The highest BCUT2D eigenvalue weighted by atomic mass is 32.1. The lowest BCUT2D eigenvalue weighted by molar-refractivity contribution is -0.385. The molecule has 0 atom stereocenters. The zero-order valence-corrected chi connectivity index (χ0v) is 13.0. The Morgan fingerprint density at radius 2 is 2.04 bits per heavy atom. The lowest BCUT2D eigenvalue weighted by atomic mass is 10.1. The SMILES string of the molecule is COc1ccc(-c2csc(-c3cccc(N)c3)n2)cc1[N+](=O)[O-]. The molecule has 0 saturated carbocycles. The molecule has 0 aliphatic rings. The fourth-order valence-electron chi connectivity index (χ4n) is 2.20. The first-order valence-corrected chi connectivity index (χ1v) is 7.60. The number of methoxy groups -OCH3 is 1. The van der Waals surface area contributed by atoms with Crippen molar-refractivity contribution in [2.75, 3.05) is 12.8 Å². The highest BCUT2D eigenvalue weighted by Crippen LogP contribution is 2.34. The summed E-state index contributed by atoms with van der Waals surface area (Å²) in [5.74, 6) is 0.227. The molecule has 0 spiro atoms. The second-order valence-electron chi connectivity index (χ2n) is 4.81. The zero-order valence-electron chi connectivity index (χ0n) is 12.2. The first-order valence-electron chi connectivity index (χ1n) is 6.72. The van der Waals surface area contributed by atoms with E-state index in [1.54, 1.807) is 12.1 Å². The molecule has 2 aromatic carbocycles. The van der Waals surface area contributed by atoms with Gasteiger partial charge in [0, 0.05) is 28.3 Å². The number of nitrogens with two attached hydrogens (primary N) is 1. The van der Waals surface area contributed by atoms with Gasteiger partial charge in [-0.3, -0.25) is 10.1 Å². The van der Waals surface area contributed by atoms with Crippen LogP contribution in [0.25, 0.3) is 21.8 Å². The third kappa shape index (κ3) is 3.00. The van der Waals surface area contributed by atoms with E-state index in [4.69, 9.17) is 10.5 Å². The minimum atomic E-state index is -0.465. The molecule has 116 valence electrons. The van der Waals surface area contributed by atoms with E-state index >= 15 is 0 Å². The van der Waals surface area contributed by atoms with E-state index in [9.17, 15) is 10.1 Å². The van der Waals surface area contributed by atoms with Crippen LogP contribution in [0.4, 0.5) is 11.4 Å². The van der Waals surface area contributed by atoms with Crippen molar-refractivity contribution in [3.63, 3.8) is 0 Å². The summed E-state index contributed by atoms with van der Waals surface area (Å²) in [6.45, 7) is 0. The summed E-state index contributed by atoms with van der Waals surface area (Å²) in [5, 5.41) is 13.8. The van der Waals surface area contributed by atoms with Crippen molar-refractivity contribution >= 4 is 22.7 Å². The monoisotopic (exact) mass is 327 g/mol. The first-order chi connectivity index (χ1) is 11.1. The molecule has 23 heavy (non-hydrogen) atoms. The highest BCUT2D eigenvalue weighted by Gasteiger charge is 2.17. The van der Waals surface area contributed by atoms with Crippen LogP contribution < -0.4 is 10.5 Å². The van der Waals surface area contributed by atoms with Crippen molar-refractivity contribution in [3.05, 3.63) is 58.0 Å². The van der Waals surface area contributed by atoms with Gasteiger partial charge in [0.1, 0.15) is 5.01 Å². The molecule has 3 aromatic rings. The predicted molar refractivity (Wildman–Crippen MR) is 90.6 cm³/mol. The summed E-state index contributed by atoms with van der Waals surface area (Å²) in [7, 11) is 1.41. The number of rotatable bonds is 4. The lowest BCUT2D eigenvalue weighted by Gasteiger charge is -2.03. The molecule has 0 aliphatic heterocycles. The van der Waals surface area contributed by atoms with Crippen LogP contribution in [0.5, 0.6) is 5.75 Å². The molecule has 0 fully saturated rings. The maximum absolute atomic E-state index is 11.1. The highest BCUT2D eigenvalue weighted by molar-refractivity contribution is 7.13. The summed E-state index contributed by atoms with van der Waals surface area (Å²) >= 11 is 1.46. The molecule has 0 amide bonds. The van der Waals surface area contributed by atoms with Gasteiger partial charge in [-0.15, -0.1) is 11.3 Å². The molecule has 6 nitrogen and oxygen atoms in total. The van der Waals surface area contributed by atoms with E-state index in [1.165, 1.54) is 24.5 Å². The topological polar surface area (TPSA) is 91.3 Å². The Morgan fingerprint density at radius 3 is 2.74 bits per heavy atom. The number of anilines is 1. The fourth-order valence-corrected chi connectivity index (χ4v) is 3.03. The quantitative estimate of drug-likeness (QED) is 0.444. The van der Waals surface area contributed by atoms with Gasteiger partial charge in [0.2, 0.25) is 0 Å². The molecule has 0 unspecified atom stereocenters. The summed E-state index contributed by atoms with van der Waals surface area (Å²) in [5.41, 5.74) is 8.64. The summed E-state index contributed by atoms with van der Waals surface area (Å²) in [6.07, 6.45) is 0. The number of benzene rings is 2. The van der Waals surface area contributed by atoms with Crippen molar-refractivity contribution in [2.45, 2.75) is 0 Å². The normalized spacial score (nSPS) is 10.5. The molecule has 1 heterocycles. The molecular weight excluding hydrogens is 314 g/mol. The van der Waals surface area contributed by atoms with Gasteiger partial charge < -0.3 is 10.5 Å². The van der Waals surface area contributed by atoms with Gasteiger partial charge in [0.25, 0.3) is 0 Å². The van der Waals surface area contributed by atoms with Crippen molar-refractivity contribution in [3.8, 4) is 27.6 Å². The third-order valence-corrected chi connectivity index (χ3v) is 4.20. The van der Waals surface area contributed by atoms with Gasteiger partial charge in [-0.05, 0) is 24.3 Å². The van der Waals surface area contributed by atoms with E-state index in [0.29, 0.717) is 16.9 Å². The Bertz CT molecular complexity index is 877. The number of hydrogen-bond donors (Lipinski definition) is 1. The summed E-state index contributed by atoms with van der Waals surface area (Å²) < 4.78 is 5.01. The van der Waals surface area contributed by atoms with E-state index in [2.05, 4.69) is 4.98 Å². The van der Waals surface area contributed by atoms with Crippen LogP contribution in [-0.2, 0) is 0 Å². The number of nitro benzene ring substituents is 1. The number of nitrogen functional groups attached to an aromatic ring is 1. The van der Waals surface area contributed by atoms with Crippen LogP contribution in [0.3, 0.4) is 0 Å². The summed E-state index contributed by atoms with van der Waals surface area (Å²) in [4.78, 5) is 15.2. The molecule has 7 heteroatoms. The first kappa shape index (κ1) is 15.0. The van der Waals surface area contributed by atoms with Crippen LogP contribution in [0.2, 0.25) is 0 Å². The lowest BCUT2D eigenvalue weighted by Crippen LogP contribution is -1.94. The van der Waals surface area contributed by atoms with Crippen LogP contribution in [-0.4, -0.2) is 17.0 Å². The van der Waals surface area contributed by atoms with Crippen LogP contribution >= 0.6 is 11.3 Å². The molecule has 1 aromatic heterocycles. The number of thiazole rings is 1. The molecule has 0 radical (unpaired) electrons. The zero-order chi connectivity index (χ0) is 16.4. The average molecular weight is 327 g/mol. The minimum absolute atomic E-state index is 0.0801. The average Bonchev–Trinajstić information content (AvgIpc) is 3.04. The molecule has 0 aliphatic carbocycles. The van der Waals surface area contributed by atoms with E-state index in [1.807, 2.05) is 29.6 Å². The van der Waals surface area contributed by atoms with Gasteiger partial charge in [-0.1, -0.05) is 12.1 Å². The maximum atomic E-state index is 11.1.